The van der Waals surface area contributed by atoms with Gasteiger partial charge in [0.05, 0.1) is 5.69 Å². The van der Waals surface area contributed by atoms with Gasteiger partial charge in [0.25, 0.3) is 0 Å². The van der Waals surface area contributed by atoms with E-state index in [1.54, 1.807) is 0 Å². The van der Waals surface area contributed by atoms with Crippen LogP contribution in [0, 0.1) is 0 Å². The molecule has 3 heterocycles. The van der Waals surface area contributed by atoms with Crippen LogP contribution in [0.3, 0.4) is 0 Å². The molecule has 2 aromatic heterocycles. The van der Waals surface area contributed by atoms with E-state index in [1.807, 2.05) is 11.7 Å². The monoisotopic (exact) mass is 310 g/mol. The first-order valence-corrected chi connectivity index (χ1v) is 8.21. The van der Waals surface area contributed by atoms with Crippen molar-refractivity contribution in [2.75, 3.05) is 19.1 Å². The minimum absolute atomic E-state index is 0.0349. The maximum Gasteiger partial charge on any atom is 0.159 e. The van der Waals surface area contributed by atoms with Crippen molar-refractivity contribution in [3.63, 3.8) is 0 Å². The SMILES string of the molecule is CCc1nn(C)c2c1nc(CCCl)n2C1(C)CCOCC1. The summed E-state index contributed by atoms with van der Waals surface area (Å²) >= 11 is 6.00. The Balaban J connectivity index is 2.22. The Kier molecular flexibility index (Phi) is 3.97. The van der Waals surface area contributed by atoms with E-state index in [9.17, 15) is 0 Å². The van der Waals surface area contributed by atoms with E-state index < -0.39 is 0 Å². The van der Waals surface area contributed by atoms with Crippen molar-refractivity contribution >= 4 is 22.8 Å². The molecule has 0 bridgehead atoms. The van der Waals surface area contributed by atoms with Gasteiger partial charge in [0.2, 0.25) is 0 Å². The number of nitrogens with zero attached hydrogens (tertiary/aromatic N) is 4. The van der Waals surface area contributed by atoms with Gasteiger partial charge in [-0.3, -0.25) is 4.68 Å². The highest BCUT2D eigenvalue weighted by Crippen LogP contribution is 2.34. The van der Waals surface area contributed by atoms with E-state index in [2.05, 4.69) is 23.5 Å². The molecule has 21 heavy (non-hydrogen) atoms. The van der Waals surface area contributed by atoms with Crippen molar-refractivity contribution in [3.05, 3.63) is 11.5 Å². The Morgan fingerprint density at radius 3 is 2.67 bits per heavy atom. The lowest BCUT2D eigenvalue weighted by Gasteiger charge is -2.36. The van der Waals surface area contributed by atoms with Gasteiger partial charge < -0.3 is 9.30 Å². The first kappa shape index (κ1) is 14.9. The molecular formula is C15H23ClN4O. The smallest absolute Gasteiger partial charge is 0.159 e. The number of aromatic nitrogens is 4. The highest BCUT2D eigenvalue weighted by atomic mass is 35.5. The second-order valence-electron chi connectivity index (χ2n) is 6.01. The first-order valence-electron chi connectivity index (χ1n) is 7.68. The van der Waals surface area contributed by atoms with E-state index in [0.29, 0.717) is 5.88 Å². The third kappa shape index (κ3) is 2.36. The van der Waals surface area contributed by atoms with Crippen molar-refractivity contribution in [2.24, 2.45) is 7.05 Å². The van der Waals surface area contributed by atoms with Crippen molar-refractivity contribution in [3.8, 4) is 0 Å². The summed E-state index contributed by atoms with van der Waals surface area (Å²) in [6.07, 6.45) is 3.69. The number of rotatable bonds is 4. The molecule has 0 radical (unpaired) electrons. The van der Waals surface area contributed by atoms with E-state index in [-0.39, 0.29) is 5.54 Å². The van der Waals surface area contributed by atoms with Gasteiger partial charge in [0.15, 0.2) is 5.65 Å². The van der Waals surface area contributed by atoms with Gasteiger partial charge in [-0.25, -0.2) is 4.98 Å². The van der Waals surface area contributed by atoms with Crippen LogP contribution in [0.5, 0.6) is 0 Å². The Morgan fingerprint density at radius 2 is 2.05 bits per heavy atom. The topological polar surface area (TPSA) is 44.9 Å². The lowest BCUT2D eigenvalue weighted by molar-refractivity contribution is 0.0296. The molecule has 1 fully saturated rings. The van der Waals surface area contributed by atoms with Gasteiger partial charge in [0, 0.05) is 38.1 Å². The molecule has 0 atom stereocenters. The van der Waals surface area contributed by atoms with Crippen molar-refractivity contribution in [2.45, 2.75) is 45.1 Å². The molecule has 0 saturated carbocycles. The summed E-state index contributed by atoms with van der Waals surface area (Å²) in [5, 5.41) is 4.63. The predicted octanol–water partition coefficient (Wildman–Crippen LogP) is 2.64. The van der Waals surface area contributed by atoms with Crippen LogP contribution in [0.15, 0.2) is 0 Å². The average molecular weight is 311 g/mol. The zero-order valence-corrected chi connectivity index (χ0v) is 13.8. The summed E-state index contributed by atoms with van der Waals surface area (Å²) < 4.78 is 9.90. The molecule has 6 heteroatoms. The molecule has 0 spiro atoms. The van der Waals surface area contributed by atoms with Crippen LogP contribution in [-0.2, 0) is 30.2 Å². The summed E-state index contributed by atoms with van der Waals surface area (Å²) in [6, 6.07) is 0. The highest BCUT2D eigenvalue weighted by Gasteiger charge is 2.34. The first-order chi connectivity index (χ1) is 10.1. The Bertz CT molecular complexity index is 640. The zero-order chi connectivity index (χ0) is 15.0. The number of fused-ring (bicyclic) bond motifs is 1. The minimum atomic E-state index is 0.0349. The molecule has 1 saturated heterocycles. The summed E-state index contributed by atoms with van der Waals surface area (Å²) in [5.74, 6) is 1.66. The largest absolute Gasteiger partial charge is 0.381 e. The number of hydrogen-bond donors (Lipinski definition) is 0. The fourth-order valence-corrected chi connectivity index (χ4v) is 3.49. The molecule has 3 rings (SSSR count). The second kappa shape index (κ2) is 5.61. The van der Waals surface area contributed by atoms with Crippen LogP contribution in [0.1, 0.15) is 38.2 Å². The molecule has 0 aromatic carbocycles. The van der Waals surface area contributed by atoms with Crippen LogP contribution in [0.25, 0.3) is 11.2 Å². The van der Waals surface area contributed by atoms with Crippen LogP contribution in [0.2, 0.25) is 0 Å². The number of aryl methyl sites for hydroxylation is 3. The van der Waals surface area contributed by atoms with Crippen molar-refractivity contribution in [1.29, 1.82) is 0 Å². The van der Waals surface area contributed by atoms with Gasteiger partial charge in [0.1, 0.15) is 11.3 Å². The van der Waals surface area contributed by atoms with Gasteiger partial charge in [-0.05, 0) is 26.2 Å². The van der Waals surface area contributed by atoms with Crippen molar-refractivity contribution in [1.82, 2.24) is 19.3 Å². The molecule has 0 N–H and O–H groups in total. The molecule has 0 aliphatic carbocycles. The molecule has 1 aliphatic heterocycles. The molecular weight excluding hydrogens is 288 g/mol. The van der Waals surface area contributed by atoms with E-state index in [1.165, 1.54) is 0 Å². The van der Waals surface area contributed by atoms with Crippen LogP contribution >= 0.6 is 11.6 Å². The quantitative estimate of drug-likeness (QED) is 0.816. The molecule has 2 aromatic rings. The number of alkyl halides is 1. The summed E-state index contributed by atoms with van der Waals surface area (Å²) in [5.41, 5.74) is 3.26. The third-order valence-electron chi connectivity index (χ3n) is 4.54. The van der Waals surface area contributed by atoms with E-state index in [0.717, 1.165) is 61.6 Å². The fraction of sp³-hybridized carbons (Fsp3) is 0.733. The zero-order valence-electron chi connectivity index (χ0n) is 13.0. The summed E-state index contributed by atoms with van der Waals surface area (Å²) in [7, 11) is 2.01. The summed E-state index contributed by atoms with van der Waals surface area (Å²) in [6.45, 7) is 6.02. The number of imidazole rings is 1. The van der Waals surface area contributed by atoms with E-state index in [4.69, 9.17) is 21.3 Å². The second-order valence-corrected chi connectivity index (χ2v) is 6.39. The molecule has 116 valence electrons. The predicted molar refractivity (Wildman–Crippen MR) is 84.0 cm³/mol. The normalized spacial score (nSPS) is 18.5. The number of hydrogen-bond acceptors (Lipinski definition) is 3. The summed E-state index contributed by atoms with van der Waals surface area (Å²) in [4.78, 5) is 4.87. The maximum atomic E-state index is 6.00. The van der Waals surface area contributed by atoms with Gasteiger partial charge in [-0.1, -0.05) is 6.92 Å². The number of halogens is 1. The Labute approximate surface area is 130 Å². The molecule has 0 unspecified atom stereocenters. The van der Waals surface area contributed by atoms with Crippen LogP contribution in [-0.4, -0.2) is 38.4 Å². The maximum absolute atomic E-state index is 6.00. The standard InChI is InChI=1S/C15H23ClN4O/c1-4-11-13-14(19(3)18-11)20(12(17-13)5-8-16)15(2)6-9-21-10-7-15/h4-10H2,1-3H3. The third-order valence-corrected chi connectivity index (χ3v) is 4.72. The number of ether oxygens (including phenoxy) is 1. The van der Waals surface area contributed by atoms with Crippen LogP contribution < -0.4 is 0 Å². The Morgan fingerprint density at radius 1 is 1.33 bits per heavy atom. The Hall–Kier alpha value is -1.07. The molecule has 5 nitrogen and oxygen atoms in total. The van der Waals surface area contributed by atoms with Gasteiger partial charge in [-0.2, -0.15) is 5.10 Å². The van der Waals surface area contributed by atoms with Crippen molar-refractivity contribution < 1.29 is 4.74 Å². The minimum Gasteiger partial charge on any atom is -0.381 e. The lowest BCUT2D eigenvalue weighted by atomic mass is 9.92. The molecule has 0 amide bonds. The van der Waals surface area contributed by atoms with E-state index >= 15 is 0 Å². The average Bonchev–Trinajstić information content (AvgIpc) is 2.98. The highest BCUT2D eigenvalue weighted by molar-refractivity contribution is 6.17. The lowest BCUT2D eigenvalue weighted by Crippen LogP contribution is -2.38. The molecule has 1 aliphatic rings. The van der Waals surface area contributed by atoms with Gasteiger partial charge in [-0.15, -0.1) is 11.6 Å². The fourth-order valence-electron chi connectivity index (χ4n) is 3.32. The van der Waals surface area contributed by atoms with Crippen LogP contribution in [0.4, 0.5) is 0 Å². The van der Waals surface area contributed by atoms with Gasteiger partial charge >= 0.3 is 0 Å².